The van der Waals surface area contributed by atoms with Gasteiger partial charge in [-0.05, 0) is 36.2 Å². The van der Waals surface area contributed by atoms with E-state index in [-0.39, 0.29) is 0 Å². The standard InChI is InChI=1S/C19H20N4O2/c1-2-24-19-12-17(13-22-23-14-20-21-15-23)8-9-18(19)25-11-10-16-6-4-3-5-7-16/h3-9,12-15H,2,10-11H2,1H3/b22-13+. The van der Waals surface area contributed by atoms with Crippen LogP contribution < -0.4 is 9.47 Å². The van der Waals surface area contributed by atoms with E-state index in [1.165, 1.54) is 22.9 Å². The largest absolute Gasteiger partial charge is 0.490 e. The van der Waals surface area contributed by atoms with Gasteiger partial charge in [-0.25, -0.2) is 4.68 Å². The second kappa shape index (κ2) is 8.63. The average Bonchev–Trinajstić information content (AvgIpc) is 3.16. The van der Waals surface area contributed by atoms with Crippen LogP contribution in [0.4, 0.5) is 0 Å². The molecule has 0 saturated carbocycles. The van der Waals surface area contributed by atoms with E-state index in [2.05, 4.69) is 27.4 Å². The molecule has 0 N–H and O–H groups in total. The molecule has 0 fully saturated rings. The van der Waals surface area contributed by atoms with E-state index in [1.54, 1.807) is 6.21 Å². The number of benzene rings is 2. The van der Waals surface area contributed by atoms with Crippen molar-refractivity contribution in [1.29, 1.82) is 0 Å². The van der Waals surface area contributed by atoms with Gasteiger partial charge in [0.1, 0.15) is 12.7 Å². The second-order valence-electron chi connectivity index (χ2n) is 5.31. The zero-order chi connectivity index (χ0) is 17.3. The number of rotatable bonds is 8. The van der Waals surface area contributed by atoms with Gasteiger partial charge >= 0.3 is 0 Å². The van der Waals surface area contributed by atoms with Crippen LogP contribution in [0, 0.1) is 0 Å². The molecule has 6 heteroatoms. The Morgan fingerprint density at radius 3 is 2.56 bits per heavy atom. The van der Waals surface area contributed by atoms with Crippen molar-refractivity contribution in [2.75, 3.05) is 13.2 Å². The fraction of sp³-hybridized carbons (Fsp3) is 0.211. The maximum Gasteiger partial charge on any atom is 0.161 e. The highest BCUT2D eigenvalue weighted by Gasteiger charge is 2.06. The Kier molecular flexibility index (Phi) is 5.77. The van der Waals surface area contributed by atoms with E-state index >= 15 is 0 Å². The molecule has 0 unspecified atom stereocenters. The zero-order valence-corrected chi connectivity index (χ0v) is 14.1. The molecular formula is C19H20N4O2. The normalized spacial score (nSPS) is 10.9. The highest BCUT2D eigenvalue weighted by Crippen LogP contribution is 2.28. The minimum absolute atomic E-state index is 0.571. The van der Waals surface area contributed by atoms with Gasteiger partial charge in [0.25, 0.3) is 0 Å². The Labute approximate surface area is 146 Å². The molecule has 0 aliphatic carbocycles. The SMILES string of the molecule is CCOc1cc(/C=N/n2cnnc2)ccc1OCCc1ccccc1. The minimum atomic E-state index is 0.571. The molecule has 0 bridgehead atoms. The molecule has 0 aliphatic heterocycles. The summed E-state index contributed by atoms with van der Waals surface area (Å²) in [6.07, 6.45) is 5.63. The van der Waals surface area contributed by atoms with Crippen molar-refractivity contribution in [3.8, 4) is 11.5 Å². The first-order valence-electron chi connectivity index (χ1n) is 8.17. The molecule has 25 heavy (non-hydrogen) atoms. The Balaban J connectivity index is 1.66. The Morgan fingerprint density at radius 2 is 1.80 bits per heavy atom. The molecule has 3 rings (SSSR count). The van der Waals surface area contributed by atoms with Crippen LogP contribution in [0.3, 0.4) is 0 Å². The molecule has 0 aliphatic rings. The van der Waals surface area contributed by atoms with Crippen molar-refractivity contribution < 1.29 is 9.47 Å². The van der Waals surface area contributed by atoms with E-state index in [0.29, 0.717) is 19.0 Å². The van der Waals surface area contributed by atoms with Crippen LogP contribution in [0.1, 0.15) is 18.1 Å². The quantitative estimate of drug-likeness (QED) is 0.593. The van der Waals surface area contributed by atoms with Gasteiger partial charge in [-0.3, -0.25) is 0 Å². The smallest absolute Gasteiger partial charge is 0.161 e. The van der Waals surface area contributed by atoms with Gasteiger partial charge in [-0.2, -0.15) is 5.10 Å². The lowest BCUT2D eigenvalue weighted by molar-refractivity contribution is 0.279. The number of ether oxygens (including phenoxy) is 2. The van der Waals surface area contributed by atoms with Crippen molar-refractivity contribution in [1.82, 2.24) is 14.9 Å². The summed E-state index contributed by atoms with van der Waals surface area (Å²) >= 11 is 0. The second-order valence-corrected chi connectivity index (χ2v) is 5.31. The first-order valence-corrected chi connectivity index (χ1v) is 8.17. The molecule has 1 aromatic heterocycles. The van der Waals surface area contributed by atoms with Crippen LogP contribution in [-0.2, 0) is 6.42 Å². The van der Waals surface area contributed by atoms with Crippen LogP contribution in [-0.4, -0.2) is 34.3 Å². The van der Waals surface area contributed by atoms with Crippen LogP contribution >= 0.6 is 0 Å². The fourth-order valence-corrected chi connectivity index (χ4v) is 2.30. The maximum atomic E-state index is 5.90. The number of nitrogens with zero attached hydrogens (tertiary/aromatic N) is 4. The molecule has 0 spiro atoms. The van der Waals surface area contributed by atoms with E-state index in [9.17, 15) is 0 Å². The lowest BCUT2D eigenvalue weighted by atomic mass is 10.2. The minimum Gasteiger partial charge on any atom is -0.490 e. The highest BCUT2D eigenvalue weighted by molar-refractivity contribution is 5.80. The van der Waals surface area contributed by atoms with Crippen molar-refractivity contribution in [2.45, 2.75) is 13.3 Å². The summed E-state index contributed by atoms with van der Waals surface area (Å²) in [5.74, 6) is 1.45. The van der Waals surface area contributed by atoms with Gasteiger partial charge in [0.15, 0.2) is 11.5 Å². The fourth-order valence-electron chi connectivity index (χ4n) is 2.30. The predicted octanol–water partition coefficient (Wildman–Crippen LogP) is 3.18. The summed E-state index contributed by atoms with van der Waals surface area (Å²) in [5.41, 5.74) is 2.16. The van der Waals surface area contributed by atoms with Crippen LogP contribution in [0.5, 0.6) is 11.5 Å². The monoisotopic (exact) mass is 336 g/mol. The van der Waals surface area contributed by atoms with Crippen LogP contribution in [0.2, 0.25) is 0 Å². The summed E-state index contributed by atoms with van der Waals surface area (Å²) in [5, 5.41) is 11.7. The van der Waals surface area contributed by atoms with Gasteiger partial charge in [0.2, 0.25) is 0 Å². The van der Waals surface area contributed by atoms with E-state index in [0.717, 1.165) is 17.7 Å². The molecular weight excluding hydrogens is 316 g/mol. The van der Waals surface area contributed by atoms with Crippen molar-refractivity contribution in [3.63, 3.8) is 0 Å². The summed E-state index contributed by atoms with van der Waals surface area (Å²) < 4.78 is 13.1. The average molecular weight is 336 g/mol. The summed E-state index contributed by atoms with van der Waals surface area (Å²) in [6, 6.07) is 16.0. The summed E-state index contributed by atoms with van der Waals surface area (Å²) in [7, 11) is 0. The molecule has 0 saturated heterocycles. The third kappa shape index (κ3) is 4.91. The first kappa shape index (κ1) is 16.7. The summed E-state index contributed by atoms with van der Waals surface area (Å²) in [4.78, 5) is 0. The topological polar surface area (TPSA) is 61.5 Å². The lowest BCUT2D eigenvalue weighted by Gasteiger charge is -2.12. The third-order valence-electron chi connectivity index (χ3n) is 3.51. The van der Waals surface area contributed by atoms with E-state index in [4.69, 9.17) is 9.47 Å². The van der Waals surface area contributed by atoms with Crippen molar-refractivity contribution >= 4 is 6.21 Å². The first-order chi connectivity index (χ1) is 12.3. The third-order valence-corrected chi connectivity index (χ3v) is 3.51. The number of hydrogen-bond acceptors (Lipinski definition) is 5. The Morgan fingerprint density at radius 1 is 1.00 bits per heavy atom. The lowest BCUT2D eigenvalue weighted by Crippen LogP contribution is -2.04. The molecule has 2 aromatic carbocycles. The number of hydrogen-bond donors (Lipinski definition) is 0. The molecule has 3 aromatic rings. The molecule has 0 atom stereocenters. The molecule has 6 nitrogen and oxygen atoms in total. The summed E-state index contributed by atoms with van der Waals surface area (Å²) in [6.45, 7) is 3.12. The number of aromatic nitrogens is 3. The molecule has 128 valence electrons. The van der Waals surface area contributed by atoms with Crippen LogP contribution in [0.25, 0.3) is 0 Å². The van der Waals surface area contributed by atoms with Crippen molar-refractivity contribution in [2.24, 2.45) is 5.10 Å². The van der Waals surface area contributed by atoms with E-state index < -0.39 is 0 Å². The highest BCUT2D eigenvalue weighted by atomic mass is 16.5. The van der Waals surface area contributed by atoms with Gasteiger partial charge in [-0.15, -0.1) is 10.2 Å². The molecule has 0 amide bonds. The zero-order valence-electron chi connectivity index (χ0n) is 14.1. The predicted molar refractivity (Wildman–Crippen MR) is 96.3 cm³/mol. The van der Waals surface area contributed by atoms with Gasteiger partial charge in [-0.1, -0.05) is 30.3 Å². The van der Waals surface area contributed by atoms with E-state index in [1.807, 2.05) is 43.3 Å². The maximum absolute atomic E-state index is 5.90. The van der Waals surface area contributed by atoms with Gasteiger partial charge in [0, 0.05) is 6.42 Å². The molecule has 0 radical (unpaired) electrons. The van der Waals surface area contributed by atoms with Crippen LogP contribution in [0.15, 0.2) is 66.3 Å². The van der Waals surface area contributed by atoms with Gasteiger partial charge < -0.3 is 9.47 Å². The Hall–Kier alpha value is -3.15. The Bertz CT molecular complexity index is 802. The molecule has 1 heterocycles. The van der Waals surface area contributed by atoms with Crippen molar-refractivity contribution in [3.05, 3.63) is 72.3 Å². The van der Waals surface area contributed by atoms with Gasteiger partial charge in [0.05, 0.1) is 19.4 Å².